The van der Waals surface area contributed by atoms with E-state index in [0.717, 1.165) is 6.54 Å². The van der Waals surface area contributed by atoms with Gasteiger partial charge >= 0.3 is 0 Å². The Labute approximate surface area is 130 Å². The molecule has 21 heavy (non-hydrogen) atoms. The Morgan fingerprint density at radius 3 is 2.71 bits per heavy atom. The number of sulfonamides is 1. The molecule has 6 nitrogen and oxygen atoms in total. The Hall–Kier alpha value is -0.700. The van der Waals surface area contributed by atoms with Crippen molar-refractivity contribution in [2.75, 3.05) is 40.4 Å². The largest absolute Gasteiger partial charge is 0.392 e. The molecule has 0 unspecified atom stereocenters. The fourth-order valence-electron chi connectivity index (χ4n) is 1.65. The van der Waals surface area contributed by atoms with Gasteiger partial charge in [0.05, 0.1) is 18.1 Å². The van der Waals surface area contributed by atoms with Crippen molar-refractivity contribution >= 4 is 21.6 Å². The summed E-state index contributed by atoms with van der Waals surface area (Å²) in [6.07, 6.45) is 0. The maximum absolute atomic E-state index is 12.1. The van der Waals surface area contributed by atoms with Crippen LogP contribution in [0.1, 0.15) is 5.56 Å². The Morgan fingerprint density at radius 2 is 2.10 bits per heavy atom. The smallest absolute Gasteiger partial charge is 0.240 e. The summed E-state index contributed by atoms with van der Waals surface area (Å²) >= 11 is 5.85. The van der Waals surface area contributed by atoms with Gasteiger partial charge < -0.3 is 14.7 Å². The lowest BCUT2D eigenvalue weighted by atomic mass is 10.2. The molecule has 1 rings (SSSR count). The lowest BCUT2D eigenvalue weighted by Crippen LogP contribution is -2.34. The van der Waals surface area contributed by atoms with E-state index in [0.29, 0.717) is 30.3 Å². The van der Waals surface area contributed by atoms with Gasteiger partial charge in [0.1, 0.15) is 0 Å². The van der Waals surface area contributed by atoms with E-state index in [1.54, 1.807) is 7.11 Å². The van der Waals surface area contributed by atoms with Gasteiger partial charge in [-0.25, -0.2) is 13.1 Å². The number of hydrogen-bond acceptors (Lipinski definition) is 5. The Balaban J connectivity index is 2.61. The molecule has 0 saturated heterocycles. The summed E-state index contributed by atoms with van der Waals surface area (Å²) in [5.74, 6) is 0. The summed E-state index contributed by atoms with van der Waals surface area (Å²) in [6.45, 7) is 1.89. The molecule has 0 saturated carbocycles. The molecule has 0 aliphatic rings. The van der Waals surface area contributed by atoms with Crippen LogP contribution in [0.15, 0.2) is 23.1 Å². The van der Waals surface area contributed by atoms with Crippen molar-refractivity contribution in [3.05, 3.63) is 28.8 Å². The monoisotopic (exact) mass is 336 g/mol. The first-order chi connectivity index (χ1) is 9.90. The number of aliphatic hydroxyl groups is 1. The van der Waals surface area contributed by atoms with Crippen LogP contribution < -0.4 is 4.72 Å². The van der Waals surface area contributed by atoms with Crippen LogP contribution >= 0.6 is 11.6 Å². The third kappa shape index (κ3) is 5.90. The molecule has 0 bridgehead atoms. The van der Waals surface area contributed by atoms with E-state index >= 15 is 0 Å². The summed E-state index contributed by atoms with van der Waals surface area (Å²) in [6, 6.07) is 4.25. The summed E-state index contributed by atoms with van der Waals surface area (Å²) in [5, 5.41) is 9.46. The predicted octanol–water partition coefficient (Wildman–Crippen LogP) is 0.689. The summed E-state index contributed by atoms with van der Waals surface area (Å²) in [7, 11) is -0.0942. The molecule has 2 N–H and O–H groups in total. The fraction of sp³-hybridized carbons (Fsp3) is 0.538. The number of halogens is 1. The summed E-state index contributed by atoms with van der Waals surface area (Å²) in [4.78, 5) is 2.06. The maximum Gasteiger partial charge on any atom is 0.240 e. The molecule has 1 aromatic carbocycles. The average molecular weight is 337 g/mol. The number of likely N-dealkylation sites (N-methyl/N-ethyl adjacent to an activating group) is 1. The van der Waals surface area contributed by atoms with E-state index in [1.165, 1.54) is 18.2 Å². The third-order valence-corrected chi connectivity index (χ3v) is 4.79. The maximum atomic E-state index is 12.1. The quantitative estimate of drug-likeness (QED) is 0.693. The highest BCUT2D eigenvalue weighted by atomic mass is 35.5. The first kappa shape index (κ1) is 18.3. The zero-order valence-electron chi connectivity index (χ0n) is 12.2. The molecule has 0 atom stereocenters. The number of nitrogens with one attached hydrogen (secondary N) is 1. The molecule has 0 radical (unpaired) electrons. The highest BCUT2D eigenvalue weighted by molar-refractivity contribution is 7.89. The third-order valence-electron chi connectivity index (χ3n) is 2.96. The van der Waals surface area contributed by atoms with Gasteiger partial charge in [0, 0.05) is 31.8 Å². The van der Waals surface area contributed by atoms with Gasteiger partial charge in [-0.2, -0.15) is 0 Å². The van der Waals surface area contributed by atoms with Gasteiger partial charge in [0.2, 0.25) is 10.0 Å². The highest BCUT2D eigenvalue weighted by Gasteiger charge is 2.15. The average Bonchev–Trinajstić information content (AvgIpc) is 2.45. The Bertz CT molecular complexity index is 551. The van der Waals surface area contributed by atoms with E-state index < -0.39 is 10.0 Å². The van der Waals surface area contributed by atoms with E-state index in [-0.39, 0.29) is 11.5 Å². The zero-order chi connectivity index (χ0) is 15.9. The van der Waals surface area contributed by atoms with Crippen molar-refractivity contribution in [3.63, 3.8) is 0 Å². The van der Waals surface area contributed by atoms with Gasteiger partial charge in [-0.3, -0.25) is 0 Å². The fourth-order valence-corrected chi connectivity index (χ4v) is 2.90. The molecule has 120 valence electrons. The highest BCUT2D eigenvalue weighted by Crippen LogP contribution is 2.20. The lowest BCUT2D eigenvalue weighted by Gasteiger charge is -2.16. The lowest BCUT2D eigenvalue weighted by molar-refractivity contribution is 0.162. The first-order valence-electron chi connectivity index (χ1n) is 6.47. The second-order valence-electron chi connectivity index (χ2n) is 4.61. The van der Waals surface area contributed by atoms with Gasteiger partial charge in [-0.15, -0.1) is 0 Å². The van der Waals surface area contributed by atoms with Crippen LogP contribution in [0.3, 0.4) is 0 Å². The molecule has 0 fully saturated rings. The van der Waals surface area contributed by atoms with Gasteiger partial charge in [-0.1, -0.05) is 11.6 Å². The number of aliphatic hydroxyl groups excluding tert-OH is 1. The van der Waals surface area contributed by atoms with Crippen LogP contribution in [-0.4, -0.2) is 58.8 Å². The van der Waals surface area contributed by atoms with Crippen molar-refractivity contribution in [1.29, 1.82) is 0 Å². The van der Waals surface area contributed by atoms with Crippen molar-refractivity contribution in [3.8, 4) is 0 Å². The Morgan fingerprint density at radius 1 is 1.38 bits per heavy atom. The summed E-state index contributed by atoms with van der Waals surface area (Å²) in [5.41, 5.74) is 0.386. The van der Waals surface area contributed by atoms with Crippen LogP contribution in [0, 0.1) is 0 Å². The van der Waals surface area contributed by atoms with Crippen molar-refractivity contribution in [2.45, 2.75) is 11.5 Å². The predicted molar refractivity (Wildman–Crippen MR) is 81.9 cm³/mol. The second kappa shape index (κ2) is 8.67. The van der Waals surface area contributed by atoms with Crippen LogP contribution in [0.2, 0.25) is 5.02 Å². The standard InChI is InChI=1S/C13H21ClN2O4S/c1-16(7-8-20-2)6-5-15-21(18,19)12-3-4-13(14)11(9-12)10-17/h3-4,9,15,17H,5-8,10H2,1-2H3. The topological polar surface area (TPSA) is 78.9 Å². The number of methoxy groups -OCH3 is 1. The molecule has 0 aromatic heterocycles. The normalized spacial score (nSPS) is 12.0. The first-order valence-corrected chi connectivity index (χ1v) is 8.33. The SMILES string of the molecule is COCCN(C)CCNS(=O)(=O)c1ccc(Cl)c(CO)c1. The molecule has 0 aliphatic heterocycles. The molecular formula is C13H21ClN2O4S. The molecule has 0 spiro atoms. The van der Waals surface area contributed by atoms with E-state index in [2.05, 4.69) is 4.72 Å². The number of hydrogen-bond donors (Lipinski definition) is 2. The van der Waals surface area contributed by atoms with Crippen LogP contribution in [0.4, 0.5) is 0 Å². The molecule has 0 heterocycles. The minimum Gasteiger partial charge on any atom is -0.392 e. The van der Waals surface area contributed by atoms with Gasteiger partial charge in [0.25, 0.3) is 0 Å². The van der Waals surface area contributed by atoms with Crippen LogP contribution in [0.5, 0.6) is 0 Å². The molecular weight excluding hydrogens is 316 g/mol. The van der Waals surface area contributed by atoms with Crippen molar-refractivity contribution < 1.29 is 18.3 Å². The Kier molecular flexibility index (Phi) is 7.58. The second-order valence-corrected chi connectivity index (χ2v) is 6.78. The number of ether oxygens (including phenoxy) is 1. The summed E-state index contributed by atoms with van der Waals surface area (Å²) < 4.78 is 31.7. The van der Waals surface area contributed by atoms with E-state index in [1.807, 2.05) is 11.9 Å². The van der Waals surface area contributed by atoms with Crippen molar-refractivity contribution in [1.82, 2.24) is 9.62 Å². The van der Waals surface area contributed by atoms with E-state index in [9.17, 15) is 8.42 Å². The van der Waals surface area contributed by atoms with Gasteiger partial charge in [-0.05, 0) is 30.8 Å². The molecule has 8 heteroatoms. The van der Waals surface area contributed by atoms with Crippen LogP contribution in [0.25, 0.3) is 0 Å². The van der Waals surface area contributed by atoms with Crippen LogP contribution in [-0.2, 0) is 21.4 Å². The van der Waals surface area contributed by atoms with Gasteiger partial charge in [0.15, 0.2) is 0 Å². The minimum atomic E-state index is -3.60. The number of benzene rings is 1. The minimum absolute atomic E-state index is 0.0931. The molecule has 0 aliphatic carbocycles. The zero-order valence-corrected chi connectivity index (χ0v) is 13.7. The molecule has 0 amide bonds. The number of nitrogens with zero attached hydrogens (tertiary/aromatic N) is 1. The molecule has 1 aromatic rings. The van der Waals surface area contributed by atoms with E-state index in [4.69, 9.17) is 21.4 Å². The number of rotatable bonds is 9. The van der Waals surface area contributed by atoms with Crippen molar-refractivity contribution in [2.24, 2.45) is 0 Å².